The second kappa shape index (κ2) is 7.56. The van der Waals surface area contributed by atoms with Crippen LogP contribution in [-0.2, 0) is 13.5 Å². The van der Waals surface area contributed by atoms with Gasteiger partial charge in [0.05, 0.1) is 12.1 Å². The smallest absolute Gasteiger partial charge is 0.272 e. The third-order valence-corrected chi connectivity index (χ3v) is 5.17. The molecule has 1 aliphatic rings. The molecule has 1 atom stereocenters. The molecule has 1 fully saturated rings. The highest BCUT2D eigenvalue weighted by molar-refractivity contribution is 6.30. The van der Waals surface area contributed by atoms with Crippen molar-refractivity contribution in [2.24, 2.45) is 7.05 Å². The number of piperidine rings is 1. The summed E-state index contributed by atoms with van der Waals surface area (Å²) in [7, 11) is 1.78. The van der Waals surface area contributed by atoms with E-state index in [0.717, 1.165) is 30.7 Å². The molecule has 1 saturated heterocycles. The Kier molecular flexibility index (Phi) is 4.99. The Balaban J connectivity index is 1.45. The maximum atomic E-state index is 12.7. The number of aryl methyl sites for hydroxylation is 1. The van der Waals surface area contributed by atoms with Gasteiger partial charge in [-0.25, -0.2) is 4.98 Å². The predicted octanol–water partition coefficient (Wildman–Crippen LogP) is 3.67. The van der Waals surface area contributed by atoms with Crippen LogP contribution in [0.5, 0.6) is 0 Å². The molecule has 1 aliphatic heterocycles. The van der Waals surface area contributed by atoms with E-state index in [1.807, 2.05) is 29.2 Å². The fourth-order valence-electron chi connectivity index (χ4n) is 3.55. The summed E-state index contributed by atoms with van der Waals surface area (Å²) in [5.41, 5.74) is 1.69. The Hall–Kier alpha value is -2.60. The summed E-state index contributed by atoms with van der Waals surface area (Å²) in [4.78, 5) is 19.1. The van der Waals surface area contributed by atoms with Crippen LogP contribution < -0.4 is 0 Å². The van der Waals surface area contributed by atoms with E-state index >= 15 is 0 Å². The van der Waals surface area contributed by atoms with Crippen molar-refractivity contribution >= 4 is 17.5 Å². The predicted molar refractivity (Wildman–Crippen MR) is 102 cm³/mol. The van der Waals surface area contributed by atoms with Gasteiger partial charge in [-0.15, -0.1) is 0 Å². The Morgan fingerprint density at radius 1 is 1.37 bits per heavy atom. The first-order valence-corrected chi connectivity index (χ1v) is 9.44. The molecule has 7 heteroatoms. The second-order valence-corrected chi connectivity index (χ2v) is 7.34. The Morgan fingerprint density at radius 3 is 3.04 bits per heavy atom. The van der Waals surface area contributed by atoms with Crippen molar-refractivity contribution in [2.75, 3.05) is 13.1 Å². The van der Waals surface area contributed by atoms with Crippen molar-refractivity contribution in [3.8, 4) is 0 Å². The van der Waals surface area contributed by atoms with Crippen LogP contribution in [0.2, 0.25) is 5.02 Å². The number of oxazole rings is 1. The summed E-state index contributed by atoms with van der Waals surface area (Å²) in [6, 6.07) is 9.48. The van der Waals surface area contributed by atoms with Crippen molar-refractivity contribution < 1.29 is 9.21 Å². The van der Waals surface area contributed by atoms with Gasteiger partial charge in [0.2, 0.25) is 0 Å². The topological polar surface area (TPSA) is 64.2 Å². The first kappa shape index (κ1) is 17.8. The van der Waals surface area contributed by atoms with Gasteiger partial charge in [-0.05, 0) is 36.6 Å². The lowest BCUT2D eigenvalue weighted by atomic mass is 9.97. The SMILES string of the molecule is Cn1nccc1C(=O)N1CCCC(c2ncc(Cc3cccc(Cl)c3)o2)C1. The molecular weight excluding hydrogens is 364 g/mol. The maximum absolute atomic E-state index is 12.7. The highest BCUT2D eigenvalue weighted by atomic mass is 35.5. The fraction of sp³-hybridized carbons (Fsp3) is 0.350. The Morgan fingerprint density at radius 2 is 2.26 bits per heavy atom. The lowest BCUT2D eigenvalue weighted by molar-refractivity contribution is 0.0686. The molecule has 1 amide bonds. The molecule has 0 N–H and O–H groups in total. The van der Waals surface area contributed by atoms with E-state index in [-0.39, 0.29) is 11.8 Å². The van der Waals surface area contributed by atoms with Crippen molar-refractivity contribution in [1.29, 1.82) is 0 Å². The summed E-state index contributed by atoms with van der Waals surface area (Å²) in [5.74, 6) is 1.63. The van der Waals surface area contributed by atoms with Gasteiger partial charge in [0.25, 0.3) is 5.91 Å². The fourth-order valence-corrected chi connectivity index (χ4v) is 3.76. The molecular formula is C20H21ClN4O2. The van der Waals surface area contributed by atoms with Gasteiger partial charge in [-0.3, -0.25) is 9.48 Å². The van der Waals surface area contributed by atoms with E-state index < -0.39 is 0 Å². The minimum atomic E-state index is 0.00501. The number of hydrogen-bond acceptors (Lipinski definition) is 4. The van der Waals surface area contributed by atoms with Crippen LogP contribution >= 0.6 is 11.6 Å². The molecule has 1 aromatic carbocycles. The molecule has 1 unspecified atom stereocenters. The van der Waals surface area contributed by atoms with Gasteiger partial charge in [-0.1, -0.05) is 23.7 Å². The van der Waals surface area contributed by atoms with Gasteiger partial charge in [0.1, 0.15) is 11.5 Å². The number of aromatic nitrogens is 3. The molecule has 0 bridgehead atoms. The van der Waals surface area contributed by atoms with Crippen molar-refractivity contribution in [2.45, 2.75) is 25.2 Å². The molecule has 3 heterocycles. The molecule has 0 spiro atoms. The molecule has 0 aliphatic carbocycles. The number of likely N-dealkylation sites (tertiary alicyclic amines) is 1. The average Bonchev–Trinajstić information content (AvgIpc) is 3.30. The van der Waals surface area contributed by atoms with Crippen LogP contribution in [0, 0.1) is 0 Å². The van der Waals surface area contributed by atoms with Gasteiger partial charge in [0, 0.05) is 37.8 Å². The first-order chi connectivity index (χ1) is 13.1. The zero-order valence-corrected chi connectivity index (χ0v) is 15.9. The molecule has 2 aromatic heterocycles. The molecule has 0 saturated carbocycles. The first-order valence-electron chi connectivity index (χ1n) is 9.06. The van der Waals surface area contributed by atoms with Gasteiger partial charge >= 0.3 is 0 Å². The molecule has 4 rings (SSSR count). The summed E-state index contributed by atoms with van der Waals surface area (Å²) < 4.78 is 7.61. The van der Waals surface area contributed by atoms with E-state index in [1.165, 1.54) is 0 Å². The van der Waals surface area contributed by atoms with E-state index in [4.69, 9.17) is 16.0 Å². The van der Waals surface area contributed by atoms with Gasteiger partial charge < -0.3 is 9.32 Å². The van der Waals surface area contributed by atoms with Gasteiger partial charge in [-0.2, -0.15) is 5.10 Å². The van der Waals surface area contributed by atoms with Crippen LogP contribution in [0.3, 0.4) is 0 Å². The van der Waals surface area contributed by atoms with Crippen LogP contribution in [0.15, 0.2) is 47.1 Å². The lowest BCUT2D eigenvalue weighted by Gasteiger charge is -2.31. The zero-order chi connectivity index (χ0) is 18.8. The number of hydrogen-bond donors (Lipinski definition) is 0. The number of nitrogens with zero attached hydrogens (tertiary/aromatic N) is 4. The number of carbonyl (C=O) groups excluding carboxylic acids is 1. The number of carbonyl (C=O) groups is 1. The summed E-state index contributed by atoms with van der Waals surface area (Å²) >= 11 is 6.05. The lowest BCUT2D eigenvalue weighted by Crippen LogP contribution is -2.40. The number of amides is 1. The van der Waals surface area contributed by atoms with Crippen LogP contribution in [0.4, 0.5) is 0 Å². The molecule has 140 valence electrons. The molecule has 3 aromatic rings. The van der Waals surface area contributed by atoms with Crippen LogP contribution in [-0.4, -0.2) is 38.7 Å². The van der Waals surface area contributed by atoms with E-state index in [1.54, 1.807) is 30.2 Å². The number of rotatable bonds is 4. The third-order valence-electron chi connectivity index (χ3n) is 4.94. The van der Waals surface area contributed by atoms with E-state index in [0.29, 0.717) is 29.6 Å². The number of benzene rings is 1. The zero-order valence-electron chi connectivity index (χ0n) is 15.1. The minimum Gasteiger partial charge on any atom is -0.445 e. The number of halogens is 1. The third kappa shape index (κ3) is 3.90. The Labute approximate surface area is 162 Å². The molecule has 27 heavy (non-hydrogen) atoms. The average molecular weight is 385 g/mol. The standard InChI is InChI=1S/C20H21ClN4O2/c1-24-18(7-8-23-24)20(26)25-9-3-5-15(13-25)19-22-12-17(27-19)11-14-4-2-6-16(21)10-14/h2,4,6-8,10,12,15H,3,5,9,11,13H2,1H3. The molecule has 6 nitrogen and oxygen atoms in total. The van der Waals surface area contributed by atoms with Crippen molar-refractivity contribution in [3.05, 3.63) is 70.7 Å². The maximum Gasteiger partial charge on any atom is 0.272 e. The highest BCUT2D eigenvalue weighted by Crippen LogP contribution is 2.28. The molecule has 0 radical (unpaired) electrons. The van der Waals surface area contributed by atoms with E-state index in [2.05, 4.69) is 10.1 Å². The quantitative estimate of drug-likeness (QED) is 0.688. The largest absolute Gasteiger partial charge is 0.445 e. The highest BCUT2D eigenvalue weighted by Gasteiger charge is 2.29. The Bertz CT molecular complexity index is 949. The second-order valence-electron chi connectivity index (χ2n) is 6.90. The normalized spacial score (nSPS) is 17.3. The summed E-state index contributed by atoms with van der Waals surface area (Å²) in [6.45, 7) is 1.36. The van der Waals surface area contributed by atoms with Crippen molar-refractivity contribution in [1.82, 2.24) is 19.7 Å². The summed E-state index contributed by atoms with van der Waals surface area (Å²) in [6.07, 6.45) is 5.97. The minimum absolute atomic E-state index is 0.00501. The monoisotopic (exact) mass is 384 g/mol. The van der Waals surface area contributed by atoms with Crippen molar-refractivity contribution in [3.63, 3.8) is 0 Å². The van der Waals surface area contributed by atoms with Crippen LogP contribution in [0.1, 0.15) is 46.5 Å². The van der Waals surface area contributed by atoms with Gasteiger partial charge in [0.15, 0.2) is 5.89 Å². The van der Waals surface area contributed by atoms with Crippen LogP contribution in [0.25, 0.3) is 0 Å². The summed E-state index contributed by atoms with van der Waals surface area (Å²) in [5, 5.41) is 4.80. The van der Waals surface area contributed by atoms with E-state index in [9.17, 15) is 4.79 Å².